The van der Waals surface area contributed by atoms with E-state index >= 15 is 0 Å². The second kappa shape index (κ2) is 5.34. The molecular formula is C10H12O6. The first-order chi connectivity index (χ1) is 7.61. The second-order valence-corrected chi connectivity index (χ2v) is 3.03. The smallest absolute Gasteiger partial charge is 0.336 e. The number of aromatic hydroxyl groups is 1. The number of ether oxygens (including phenoxy) is 1. The van der Waals surface area contributed by atoms with Crippen LogP contribution < -0.4 is 4.74 Å². The summed E-state index contributed by atoms with van der Waals surface area (Å²) < 4.78 is 4.91. The van der Waals surface area contributed by atoms with Gasteiger partial charge in [-0.15, -0.1) is 0 Å². The predicted octanol–water partition coefficient (Wildman–Crippen LogP) is 1.13. The van der Waals surface area contributed by atoms with Crippen LogP contribution in [-0.2, 0) is 11.3 Å². The molecule has 0 saturated carbocycles. The van der Waals surface area contributed by atoms with Crippen molar-refractivity contribution in [2.45, 2.75) is 6.42 Å². The molecule has 6 nitrogen and oxygen atoms in total. The highest BCUT2D eigenvalue weighted by Crippen LogP contribution is 2.32. The van der Waals surface area contributed by atoms with Crippen molar-refractivity contribution < 1.29 is 29.9 Å². The topological polar surface area (TPSA) is 96.2 Å². The molecule has 0 aliphatic heterocycles. The van der Waals surface area contributed by atoms with Crippen LogP contribution in [0.3, 0.4) is 0 Å². The molecule has 0 saturated heterocycles. The van der Waals surface area contributed by atoms with E-state index in [4.69, 9.17) is 15.1 Å². The molecule has 0 amide bonds. The Kier molecular flexibility index (Phi) is 4.10. The number of rotatable bonds is 5. The van der Waals surface area contributed by atoms with Crippen molar-refractivity contribution in [3.8, 4) is 11.5 Å². The Balaban J connectivity index is 3.23. The molecule has 1 aromatic carbocycles. The van der Waals surface area contributed by atoms with Gasteiger partial charge in [-0.05, 0) is 12.1 Å². The van der Waals surface area contributed by atoms with Crippen LogP contribution in [0.4, 0.5) is 0 Å². The lowest BCUT2D eigenvalue weighted by Crippen LogP contribution is -2.07. The van der Waals surface area contributed by atoms with E-state index in [1.54, 1.807) is 0 Å². The quantitative estimate of drug-likeness (QED) is 0.516. The molecule has 0 radical (unpaired) electrons. The molecule has 0 bridgehead atoms. The molecule has 0 aliphatic carbocycles. The Morgan fingerprint density at radius 1 is 1.44 bits per heavy atom. The van der Waals surface area contributed by atoms with Crippen LogP contribution in [0, 0.1) is 0 Å². The molecule has 0 unspecified atom stereocenters. The first-order valence-corrected chi connectivity index (χ1v) is 4.50. The van der Waals surface area contributed by atoms with Gasteiger partial charge in [0.25, 0.3) is 0 Å². The molecule has 0 atom stereocenters. The van der Waals surface area contributed by atoms with E-state index in [-0.39, 0.29) is 35.7 Å². The van der Waals surface area contributed by atoms with Gasteiger partial charge in [0.1, 0.15) is 0 Å². The average molecular weight is 228 g/mol. The SMILES string of the molecule is COc1c(O)ccc(C(=O)O)c1CCOO. The maximum atomic E-state index is 10.9. The van der Waals surface area contributed by atoms with Gasteiger partial charge in [-0.2, -0.15) is 0 Å². The standard InChI is InChI=1S/C10H12O6/c1-15-9-6(4-5-16-14)7(10(12)13)2-3-8(9)11/h2-3,11,14H,4-5H2,1H3,(H,12,13). The van der Waals surface area contributed by atoms with Crippen LogP contribution in [0.2, 0.25) is 0 Å². The van der Waals surface area contributed by atoms with Crippen molar-refractivity contribution in [2.24, 2.45) is 0 Å². The molecule has 16 heavy (non-hydrogen) atoms. The molecule has 0 heterocycles. The fourth-order valence-electron chi connectivity index (χ4n) is 1.44. The maximum Gasteiger partial charge on any atom is 0.336 e. The van der Waals surface area contributed by atoms with Gasteiger partial charge < -0.3 is 14.9 Å². The van der Waals surface area contributed by atoms with Crippen molar-refractivity contribution >= 4 is 5.97 Å². The number of phenols is 1. The lowest BCUT2D eigenvalue weighted by atomic mass is 10.0. The number of hydrogen-bond donors (Lipinski definition) is 3. The van der Waals surface area contributed by atoms with E-state index in [0.29, 0.717) is 0 Å². The number of phenolic OH excluding ortho intramolecular Hbond substituents is 1. The first kappa shape index (κ1) is 12.3. The van der Waals surface area contributed by atoms with Crippen LogP contribution in [0.5, 0.6) is 11.5 Å². The van der Waals surface area contributed by atoms with E-state index in [1.165, 1.54) is 19.2 Å². The summed E-state index contributed by atoms with van der Waals surface area (Å²) in [7, 11) is 1.32. The number of hydrogen-bond acceptors (Lipinski definition) is 5. The van der Waals surface area contributed by atoms with Gasteiger partial charge in [0, 0.05) is 12.0 Å². The van der Waals surface area contributed by atoms with E-state index < -0.39 is 5.97 Å². The third-order valence-corrected chi connectivity index (χ3v) is 2.12. The van der Waals surface area contributed by atoms with E-state index in [0.717, 1.165) is 0 Å². The lowest BCUT2D eigenvalue weighted by Gasteiger charge is -2.12. The summed E-state index contributed by atoms with van der Waals surface area (Å²) in [6.07, 6.45) is 0.121. The molecule has 6 heteroatoms. The Bertz CT molecular complexity index is 387. The van der Waals surface area contributed by atoms with Crippen molar-refractivity contribution in [1.82, 2.24) is 0 Å². The van der Waals surface area contributed by atoms with Crippen molar-refractivity contribution in [3.05, 3.63) is 23.3 Å². The number of aromatic carboxylic acids is 1. The van der Waals surface area contributed by atoms with Gasteiger partial charge in [0.15, 0.2) is 11.5 Å². The minimum absolute atomic E-state index is 0.00620. The molecule has 3 N–H and O–H groups in total. The summed E-state index contributed by atoms with van der Waals surface area (Å²) in [6, 6.07) is 2.51. The van der Waals surface area contributed by atoms with Crippen LogP contribution in [0.15, 0.2) is 12.1 Å². The van der Waals surface area contributed by atoms with Gasteiger partial charge in [0.05, 0.1) is 19.3 Å². The highest BCUT2D eigenvalue weighted by Gasteiger charge is 2.17. The third kappa shape index (κ3) is 2.41. The van der Waals surface area contributed by atoms with Crippen LogP contribution in [-0.4, -0.2) is 35.2 Å². The number of methoxy groups -OCH3 is 1. The van der Waals surface area contributed by atoms with Crippen LogP contribution in [0.1, 0.15) is 15.9 Å². The minimum Gasteiger partial charge on any atom is -0.504 e. The summed E-state index contributed by atoms with van der Waals surface area (Å²) in [6.45, 7) is -0.0832. The molecule has 0 aromatic heterocycles. The van der Waals surface area contributed by atoms with Crippen molar-refractivity contribution in [3.63, 3.8) is 0 Å². The number of carboxylic acid groups (broad SMARTS) is 1. The van der Waals surface area contributed by atoms with Gasteiger partial charge in [0.2, 0.25) is 0 Å². The van der Waals surface area contributed by atoms with Crippen LogP contribution in [0.25, 0.3) is 0 Å². The highest BCUT2D eigenvalue weighted by molar-refractivity contribution is 5.90. The zero-order valence-electron chi connectivity index (χ0n) is 8.64. The summed E-state index contributed by atoms with van der Waals surface area (Å²) in [5.41, 5.74) is 0.288. The number of carboxylic acids is 1. The van der Waals surface area contributed by atoms with E-state index in [9.17, 15) is 9.90 Å². The van der Waals surface area contributed by atoms with Crippen molar-refractivity contribution in [2.75, 3.05) is 13.7 Å². The molecule has 0 spiro atoms. The zero-order chi connectivity index (χ0) is 12.1. The van der Waals surface area contributed by atoms with Crippen molar-refractivity contribution in [1.29, 1.82) is 0 Å². The monoisotopic (exact) mass is 228 g/mol. The first-order valence-electron chi connectivity index (χ1n) is 4.50. The highest BCUT2D eigenvalue weighted by atomic mass is 17.1. The number of carbonyl (C=O) groups is 1. The molecular weight excluding hydrogens is 216 g/mol. The molecule has 0 aliphatic rings. The summed E-state index contributed by atoms with van der Waals surface area (Å²) in [5.74, 6) is -1.20. The molecule has 1 aromatic rings. The summed E-state index contributed by atoms with van der Waals surface area (Å²) in [4.78, 5) is 14.8. The second-order valence-electron chi connectivity index (χ2n) is 3.03. The van der Waals surface area contributed by atoms with Gasteiger partial charge >= 0.3 is 5.97 Å². The molecule has 0 fully saturated rings. The minimum atomic E-state index is -1.13. The van der Waals surface area contributed by atoms with Gasteiger partial charge in [-0.1, -0.05) is 0 Å². The normalized spacial score (nSPS) is 10.1. The van der Waals surface area contributed by atoms with Crippen LogP contribution >= 0.6 is 0 Å². The van der Waals surface area contributed by atoms with Gasteiger partial charge in [-0.25, -0.2) is 9.68 Å². The van der Waals surface area contributed by atoms with Gasteiger partial charge in [-0.3, -0.25) is 5.26 Å². The summed E-state index contributed by atoms with van der Waals surface area (Å²) >= 11 is 0. The van der Waals surface area contributed by atoms with E-state index in [2.05, 4.69) is 4.89 Å². The lowest BCUT2D eigenvalue weighted by molar-refractivity contribution is -0.241. The zero-order valence-corrected chi connectivity index (χ0v) is 8.64. The fraction of sp³-hybridized carbons (Fsp3) is 0.300. The largest absolute Gasteiger partial charge is 0.504 e. The Labute approximate surface area is 91.6 Å². The average Bonchev–Trinajstić information content (AvgIpc) is 2.25. The Morgan fingerprint density at radius 2 is 2.12 bits per heavy atom. The fourth-order valence-corrected chi connectivity index (χ4v) is 1.44. The molecule has 88 valence electrons. The van der Waals surface area contributed by atoms with E-state index in [1.807, 2.05) is 0 Å². The Hall–Kier alpha value is -1.79. The third-order valence-electron chi connectivity index (χ3n) is 2.12. The Morgan fingerprint density at radius 3 is 2.62 bits per heavy atom. The number of benzene rings is 1. The predicted molar refractivity (Wildman–Crippen MR) is 53.9 cm³/mol. The molecule has 1 rings (SSSR count). The maximum absolute atomic E-state index is 10.9. The summed E-state index contributed by atoms with van der Waals surface area (Å²) in [5, 5.41) is 26.7.